The van der Waals surface area contributed by atoms with Gasteiger partial charge in [-0.1, -0.05) is 12.1 Å². The van der Waals surface area contributed by atoms with Gasteiger partial charge >= 0.3 is 5.97 Å². The molecule has 3 N–H and O–H groups in total. The number of benzene rings is 1. The number of carbonyl (C=O) groups is 1. The monoisotopic (exact) mass is 266 g/mol. The van der Waals surface area contributed by atoms with Crippen molar-refractivity contribution in [2.75, 3.05) is 18.5 Å². The van der Waals surface area contributed by atoms with E-state index in [0.717, 1.165) is 4.80 Å². The van der Waals surface area contributed by atoms with E-state index < -0.39 is 11.8 Å². The standard InChI is InChI=1S/C11H11FN4O3/c12-7-3-1-2-4-8(7)16-14-9(11(18)19)10(15-16)13-5-6-17/h1-4,17H,5-6H2,(H,13,15)(H,18,19). The molecule has 1 aromatic heterocycles. The fourth-order valence-corrected chi connectivity index (χ4v) is 1.47. The number of carboxylic acid groups (broad SMARTS) is 1. The fourth-order valence-electron chi connectivity index (χ4n) is 1.47. The summed E-state index contributed by atoms with van der Waals surface area (Å²) in [6.07, 6.45) is 0. The molecular weight excluding hydrogens is 255 g/mol. The van der Waals surface area contributed by atoms with Crippen LogP contribution in [0.5, 0.6) is 0 Å². The van der Waals surface area contributed by atoms with E-state index in [1.54, 1.807) is 6.07 Å². The third-order valence-electron chi connectivity index (χ3n) is 2.29. The Kier molecular flexibility index (Phi) is 3.71. The summed E-state index contributed by atoms with van der Waals surface area (Å²) >= 11 is 0. The molecule has 19 heavy (non-hydrogen) atoms. The molecule has 0 radical (unpaired) electrons. The zero-order valence-corrected chi connectivity index (χ0v) is 9.75. The number of anilines is 1. The number of aromatic nitrogens is 3. The molecule has 0 bridgehead atoms. The van der Waals surface area contributed by atoms with Crippen LogP contribution in [0.25, 0.3) is 5.69 Å². The van der Waals surface area contributed by atoms with Crippen LogP contribution in [0.15, 0.2) is 24.3 Å². The van der Waals surface area contributed by atoms with E-state index in [1.165, 1.54) is 18.2 Å². The first-order valence-electron chi connectivity index (χ1n) is 5.43. The molecular formula is C11H11FN4O3. The smallest absolute Gasteiger partial charge is 0.360 e. The molecule has 0 fully saturated rings. The first-order valence-corrected chi connectivity index (χ1v) is 5.43. The highest BCUT2D eigenvalue weighted by molar-refractivity contribution is 5.90. The highest BCUT2D eigenvalue weighted by Crippen LogP contribution is 2.15. The lowest BCUT2D eigenvalue weighted by atomic mass is 10.3. The zero-order valence-electron chi connectivity index (χ0n) is 9.75. The maximum Gasteiger partial charge on any atom is 0.360 e. The third-order valence-corrected chi connectivity index (χ3v) is 2.29. The average molecular weight is 266 g/mol. The maximum absolute atomic E-state index is 13.6. The number of aliphatic hydroxyl groups is 1. The van der Waals surface area contributed by atoms with Crippen LogP contribution in [0.4, 0.5) is 10.2 Å². The van der Waals surface area contributed by atoms with Crippen molar-refractivity contribution < 1.29 is 19.4 Å². The molecule has 0 unspecified atom stereocenters. The molecule has 8 heteroatoms. The fraction of sp³-hybridized carbons (Fsp3) is 0.182. The second-order valence-electron chi connectivity index (χ2n) is 3.59. The molecule has 2 rings (SSSR count). The van der Waals surface area contributed by atoms with Crippen LogP contribution in [0, 0.1) is 5.82 Å². The third kappa shape index (κ3) is 2.68. The first-order chi connectivity index (χ1) is 9.13. The molecule has 2 aromatic rings. The van der Waals surface area contributed by atoms with Crippen LogP contribution in [0.2, 0.25) is 0 Å². The number of para-hydroxylation sites is 1. The van der Waals surface area contributed by atoms with E-state index in [2.05, 4.69) is 15.5 Å². The summed E-state index contributed by atoms with van der Waals surface area (Å²) in [5, 5.41) is 27.9. The largest absolute Gasteiger partial charge is 0.476 e. The number of nitrogens with one attached hydrogen (secondary N) is 1. The molecule has 0 amide bonds. The van der Waals surface area contributed by atoms with Gasteiger partial charge in [0.15, 0.2) is 11.6 Å². The molecule has 0 aliphatic carbocycles. The van der Waals surface area contributed by atoms with E-state index in [9.17, 15) is 9.18 Å². The second kappa shape index (κ2) is 5.44. The summed E-state index contributed by atoms with van der Waals surface area (Å²) < 4.78 is 13.6. The molecule has 0 saturated carbocycles. The normalized spacial score (nSPS) is 10.4. The van der Waals surface area contributed by atoms with Crippen LogP contribution in [0.3, 0.4) is 0 Å². The van der Waals surface area contributed by atoms with Crippen molar-refractivity contribution in [2.24, 2.45) is 0 Å². The Morgan fingerprint density at radius 1 is 1.37 bits per heavy atom. The summed E-state index contributed by atoms with van der Waals surface area (Å²) in [4.78, 5) is 11.9. The lowest BCUT2D eigenvalue weighted by molar-refractivity contribution is 0.0691. The molecule has 0 atom stereocenters. The highest BCUT2D eigenvalue weighted by Gasteiger charge is 2.19. The van der Waals surface area contributed by atoms with Crippen LogP contribution in [-0.2, 0) is 0 Å². The van der Waals surface area contributed by atoms with Gasteiger partial charge in [0.25, 0.3) is 0 Å². The number of halogens is 1. The molecule has 1 heterocycles. The van der Waals surface area contributed by atoms with E-state index in [4.69, 9.17) is 10.2 Å². The second-order valence-corrected chi connectivity index (χ2v) is 3.59. The molecule has 100 valence electrons. The van der Waals surface area contributed by atoms with E-state index in [0.29, 0.717) is 0 Å². The Hall–Kier alpha value is -2.48. The number of aromatic carboxylic acids is 1. The van der Waals surface area contributed by atoms with Gasteiger partial charge in [0.2, 0.25) is 5.69 Å². The maximum atomic E-state index is 13.6. The molecule has 0 spiro atoms. The lowest BCUT2D eigenvalue weighted by Crippen LogP contribution is -2.09. The molecule has 7 nitrogen and oxygen atoms in total. The number of carboxylic acids is 1. The van der Waals surface area contributed by atoms with Crippen LogP contribution < -0.4 is 5.32 Å². The van der Waals surface area contributed by atoms with Gasteiger partial charge in [-0.3, -0.25) is 0 Å². The summed E-state index contributed by atoms with van der Waals surface area (Å²) in [6.45, 7) is -0.0676. The van der Waals surface area contributed by atoms with Crippen LogP contribution in [-0.4, -0.2) is 44.3 Å². The van der Waals surface area contributed by atoms with Gasteiger partial charge in [-0.15, -0.1) is 15.0 Å². The number of nitrogens with zero attached hydrogens (tertiary/aromatic N) is 3. The highest BCUT2D eigenvalue weighted by atomic mass is 19.1. The minimum absolute atomic E-state index is 0.0233. The van der Waals surface area contributed by atoms with Gasteiger partial charge < -0.3 is 15.5 Å². The van der Waals surface area contributed by atoms with Crippen molar-refractivity contribution in [3.05, 3.63) is 35.8 Å². The van der Waals surface area contributed by atoms with Crippen molar-refractivity contribution in [3.8, 4) is 5.69 Å². The lowest BCUT2D eigenvalue weighted by Gasteiger charge is -2.00. The van der Waals surface area contributed by atoms with Crippen LogP contribution in [0.1, 0.15) is 10.5 Å². The van der Waals surface area contributed by atoms with Gasteiger partial charge in [0, 0.05) is 6.54 Å². The molecule has 1 aromatic carbocycles. The summed E-state index contributed by atoms with van der Waals surface area (Å²) in [7, 11) is 0. The van der Waals surface area contributed by atoms with Crippen molar-refractivity contribution in [2.45, 2.75) is 0 Å². The van der Waals surface area contributed by atoms with E-state index >= 15 is 0 Å². The van der Waals surface area contributed by atoms with Gasteiger partial charge in [0.05, 0.1) is 6.61 Å². The quantitative estimate of drug-likeness (QED) is 0.729. The Labute approximate surface area is 107 Å². The van der Waals surface area contributed by atoms with E-state index in [1.807, 2.05) is 0 Å². The number of rotatable bonds is 5. The van der Waals surface area contributed by atoms with Gasteiger partial charge in [-0.25, -0.2) is 9.18 Å². The minimum atomic E-state index is -1.29. The van der Waals surface area contributed by atoms with Gasteiger partial charge in [-0.05, 0) is 12.1 Å². The minimum Gasteiger partial charge on any atom is -0.476 e. The molecule has 0 aliphatic heterocycles. The molecule has 0 saturated heterocycles. The van der Waals surface area contributed by atoms with Crippen molar-refractivity contribution >= 4 is 11.8 Å². The predicted octanol–water partition coefficient (Wildman–Crippen LogP) is 0.509. The van der Waals surface area contributed by atoms with Crippen molar-refractivity contribution in [3.63, 3.8) is 0 Å². The zero-order chi connectivity index (χ0) is 13.8. The Balaban J connectivity index is 2.43. The van der Waals surface area contributed by atoms with E-state index in [-0.39, 0.29) is 30.4 Å². The van der Waals surface area contributed by atoms with Crippen molar-refractivity contribution in [1.29, 1.82) is 0 Å². The number of aliphatic hydroxyl groups excluding tert-OH is 1. The average Bonchev–Trinajstić information content (AvgIpc) is 2.81. The van der Waals surface area contributed by atoms with Gasteiger partial charge in [-0.2, -0.15) is 0 Å². The number of hydrogen-bond donors (Lipinski definition) is 3. The Morgan fingerprint density at radius 3 is 2.74 bits per heavy atom. The summed E-state index contributed by atoms with van der Waals surface area (Å²) in [6, 6.07) is 5.74. The Morgan fingerprint density at radius 2 is 2.11 bits per heavy atom. The topological polar surface area (TPSA) is 100 Å². The SMILES string of the molecule is O=C(O)c1nn(-c2ccccc2F)nc1NCCO. The predicted molar refractivity (Wildman–Crippen MR) is 63.9 cm³/mol. The van der Waals surface area contributed by atoms with Gasteiger partial charge in [0.1, 0.15) is 5.69 Å². The summed E-state index contributed by atoms with van der Waals surface area (Å²) in [5.41, 5.74) is -0.293. The first kappa shape index (κ1) is 13.0. The Bertz CT molecular complexity index is 599. The summed E-state index contributed by atoms with van der Waals surface area (Å²) in [5.74, 6) is -1.88. The molecule has 0 aliphatic rings. The number of hydrogen-bond acceptors (Lipinski definition) is 5. The van der Waals surface area contributed by atoms with Crippen LogP contribution >= 0.6 is 0 Å². The van der Waals surface area contributed by atoms with Crippen molar-refractivity contribution in [1.82, 2.24) is 15.0 Å².